The zero-order valence-corrected chi connectivity index (χ0v) is 21.2. The molecule has 1 atom stereocenters. The molecule has 0 aliphatic carbocycles. The molecule has 0 radical (unpaired) electrons. The van der Waals surface area contributed by atoms with Gasteiger partial charge in [-0.3, -0.25) is 19.3 Å². The van der Waals surface area contributed by atoms with Gasteiger partial charge in [-0.05, 0) is 98.8 Å². The molecule has 1 fully saturated rings. The van der Waals surface area contributed by atoms with Crippen molar-refractivity contribution < 1.29 is 14.4 Å². The summed E-state index contributed by atoms with van der Waals surface area (Å²) in [7, 11) is 0. The number of rotatable bonds is 5. The molecule has 1 unspecified atom stereocenters. The van der Waals surface area contributed by atoms with Crippen LogP contribution in [0.25, 0.3) is 6.08 Å². The Morgan fingerprint density at radius 3 is 2.68 bits per heavy atom. The molecule has 2 aromatic carbocycles. The Morgan fingerprint density at radius 1 is 1.21 bits per heavy atom. The molecule has 0 spiro atoms. The van der Waals surface area contributed by atoms with E-state index in [9.17, 15) is 14.4 Å². The van der Waals surface area contributed by atoms with E-state index in [1.165, 1.54) is 11.3 Å². The third kappa shape index (κ3) is 4.75. The molecule has 1 saturated heterocycles. The SMILES string of the molecule is CCN1c2ccc(/C=C3\SC(=O)N(CC(=O)Nc4cccc(C)c4)C3=O)cc2C(C)CC1(C)C. The van der Waals surface area contributed by atoms with Crippen LogP contribution in [0.2, 0.25) is 0 Å². The van der Waals surface area contributed by atoms with Crippen LogP contribution in [0.15, 0.2) is 47.4 Å². The number of amides is 3. The minimum atomic E-state index is -0.434. The molecular formula is C27H31N3O3S. The largest absolute Gasteiger partial charge is 0.366 e. The number of fused-ring (bicyclic) bond motifs is 1. The maximum absolute atomic E-state index is 12.9. The minimum absolute atomic E-state index is 0.0877. The molecule has 6 nitrogen and oxygen atoms in total. The topological polar surface area (TPSA) is 69.7 Å². The number of carbonyl (C=O) groups excluding carboxylic acids is 3. The lowest BCUT2D eigenvalue weighted by atomic mass is 9.79. The second-order valence-electron chi connectivity index (χ2n) is 9.67. The van der Waals surface area contributed by atoms with Gasteiger partial charge < -0.3 is 10.2 Å². The highest BCUT2D eigenvalue weighted by molar-refractivity contribution is 8.18. The predicted octanol–water partition coefficient (Wildman–Crippen LogP) is 5.78. The highest BCUT2D eigenvalue weighted by Gasteiger charge is 2.37. The zero-order valence-electron chi connectivity index (χ0n) is 20.3. The van der Waals surface area contributed by atoms with Gasteiger partial charge >= 0.3 is 0 Å². The molecule has 7 heteroatoms. The third-order valence-electron chi connectivity index (χ3n) is 6.50. The molecule has 178 valence electrons. The molecule has 1 N–H and O–H groups in total. The van der Waals surface area contributed by atoms with E-state index in [-0.39, 0.29) is 12.1 Å². The summed E-state index contributed by atoms with van der Waals surface area (Å²) in [6.07, 6.45) is 2.80. The van der Waals surface area contributed by atoms with Crippen LogP contribution in [0.3, 0.4) is 0 Å². The molecule has 4 rings (SSSR count). The Labute approximate surface area is 205 Å². The quantitative estimate of drug-likeness (QED) is 0.553. The molecule has 0 bridgehead atoms. The van der Waals surface area contributed by atoms with Crippen LogP contribution in [0, 0.1) is 6.92 Å². The van der Waals surface area contributed by atoms with Crippen LogP contribution >= 0.6 is 11.8 Å². The van der Waals surface area contributed by atoms with Gasteiger partial charge in [0.2, 0.25) is 5.91 Å². The smallest absolute Gasteiger partial charge is 0.294 e. The van der Waals surface area contributed by atoms with Gasteiger partial charge in [0.15, 0.2) is 0 Å². The molecule has 2 aromatic rings. The second-order valence-corrected chi connectivity index (χ2v) is 10.7. The van der Waals surface area contributed by atoms with Gasteiger partial charge in [0.05, 0.1) is 4.91 Å². The molecular weight excluding hydrogens is 446 g/mol. The van der Waals surface area contributed by atoms with Crippen LogP contribution in [0.5, 0.6) is 0 Å². The van der Waals surface area contributed by atoms with Gasteiger partial charge in [-0.15, -0.1) is 0 Å². The summed E-state index contributed by atoms with van der Waals surface area (Å²) in [6.45, 7) is 11.5. The van der Waals surface area contributed by atoms with Crippen LogP contribution in [-0.4, -0.2) is 40.6 Å². The molecule has 2 aliphatic rings. The average Bonchev–Trinajstić information content (AvgIpc) is 3.01. The van der Waals surface area contributed by atoms with Crippen molar-refractivity contribution in [3.63, 3.8) is 0 Å². The van der Waals surface area contributed by atoms with Crippen LogP contribution < -0.4 is 10.2 Å². The van der Waals surface area contributed by atoms with Crippen molar-refractivity contribution >= 4 is 46.3 Å². The van der Waals surface area contributed by atoms with E-state index in [0.717, 1.165) is 40.8 Å². The van der Waals surface area contributed by atoms with Gasteiger partial charge in [0.1, 0.15) is 6.54 Å². The lowest BCUT2D eigenvalue weighted by Crippen LogP contribution is -2.48. The summed E-state index contributed by atoms with van der Waals surface area (Å²) >= 11 is 0.878. The van der Waals surface area contributed by atoms with Crippen LogP contribution in [-0.2, 0) is 9.59 Å². The number of thioether (sulfide) groups is 1. The predicted molar refractivity (Wildman–Crippen MR) is 139 cm³/mol. The number of carbonyl (C=O) groups is 3. The zero-order chi connectivity index (χ0) is 24.6. The monoisotopic (exact) mass is 477 g/mol. The lowest BCUT2D eigenvalue weighted by Gasteiger charge is -2.47. The average molecular weight is 478 g/mol. The summed E-state index contributed by atoms with van der Waals surface area (Å²) in [6, 6.07) is 13.6. The molecule has 0 saturated carbocycles. The number of anilines is 2. The molecule has 3 amide bonds. The van der Waals surface area contributed by atoms with Gasteiger partial charge in [0.25, 0.3) is 11.1 Å². The van der Waals surface area contributed by atoms with Crippen molar-refractivity contribution in [3.05, 3.63) is 64.1 Å². The minimum Gasteiger partial charge on any atom is -0.366 e. The van der Waals surface area contributed by atoms with E-state index < -0.39 is 17.1 Å². The Morgan fingerprint density at radius 2 is 1.97 bits per heavy atom. The fourth-order valence-corrected chi connectivity index (χ4v) is 5.89. The number of hydrogen-bond acceptors (Lipinski definition) is 5. The van der Waals surface area contributed by atoms with Gasteiger partial charge in [0, 0.05) is 23.5 Å². The van der Waals surface area contributed by atoms with E-state index >= 15 is 0 Å². The van der Waals surface area contributed by atoms with E-state index in [1.54, 1.807) is 12.1 Å². The Balaban J connectivity index is 1.51. The maximum atomic E-state index is 12.9. The van der Waals surface area contributed by atoms with Crippen molar-refractivity contribution in [2.45, 2.75) is 52.5 Å². The maximum Gasteiger partial charge on any atom is 0.294 e. The first kappa shape index (κ1) is 24.1. The standard InChI is InChI=1S/C27H31N3O3S/c1-6-30-22-11-10-19(13-21(22)18(3)15-27(30,4)5)14-23-25(32)29(26(33)34-23)16-24(31)28-20-9-7-8-17(2)12-20/h7-14,18H,6,15-16H2,1-5H3,(H,28,31)/b23-14-. The summed E-state index contributed by atoms with van der Waals surface area (Å²) in [5.41, 5.74) is 5.11. The molecule has 2 aliphatic heterocycles. The van der Waals surface area contributed by atoms with Gasteiger partial charge in [-0.25, -0.2) is 0 Å². The summed E-state index contributed by atoms with van der Waals surface area (Å²) in [4.78, 5) is 41.7. The number of nitrogens with one attached hydrogen (secondary N) is 1. The fraction of sp³-hybridized carbons (Fsp3) is 0.370. The Bertz CT molecular complexity index is 1190. The van der Waals surface area contributed by atoms with Crippen molar-refractivity contribution in [1.29, 1.82) is 0 Å². The number of hydrogen-bond donors (Lipinski definition) is 1. The normalized spacial score (nSPS) is 20.6. The summed E-state index contributed by atoms with van der Waals surface area (Å²) in [5.74, 6) is -0.447. The molecule has 2 heterocycles. The van der Waals surface area contributed by atoms with Crippen molar-refractivity contribution in [2.75, 3.05) is 23.3 Å². The van der Waals surface area contributed by atoms with E-state index in [1.807, 2.05) is 31.2 Å². The van der Waals surface area contributed by atoms with Crippen LogP contribution in [0.1, 0.15) is 56.7 Å². The van der Waals surface area contributed by atoms with Crippen molar-refractivity contribution in [1.82, 2.24) is 4.90 Å². The lowest BCUT2D eigenvalue weighted by molar-refractivity contribution is -0.127. The molecule has 0 aromatic heterocycles. The van der Waals surface area contributed by atoms with Crippen molar-refractivity contribution in [3.8, 4) is 0 Å². The van der Waals surface area contributed by atoms with E-state index in [4.69, 9.17) is 0 Å². The summed E-state index contributed by atoms with van der Waals surface area (Å²) < 4.78 is 0. The van der Waals surface area contributed by atoms with E-state index in [2.05, 4.69) is 50.0 Å². The molecule has 34 heavy (non-hydrogen) atoms. The van der Waals surface area contributed by atoms with Gasteiger partial charge in [-0.1, -0.05) is 25.1 Å². The number of benzene rings is 2. The second kappa shape index (κ2) is 9.29. The Hall–Kier alpha value is -3.06. The first-order chi connectivity index (χ1) is 16.1. The van der Waals surface area contributed by atoms with Gasteiger partial charge in [-0.2, -0.15) is 0 Å². The number of nitrogens with zero attached hydrogens (tertiary/aromatic N) is 2. The third-order valence-corrected chi connectivity index (χ3v) is 7.41. The number of aryl methyl sites for hydroxylation is 1. The first-order valence-electron chi connectivity index (χ1n) is 11.6. The highest BCUT2D eigenvalue weighted by atomic mass is 32.2. The fourth-order valence-electron chi connectivity index (χ4n) is 5.05. The van der Waals surface area contributed by atoms with E-state index in [0.29, 0.717) is 16.5 Å². The van der Waals surface area contributed by atoms with Crippen molar-refractivity contribution in [2.24, 2.45) is 0 Å². The summed E-state index contributed by atoms with van der Waals surface area (Å²) in [5, 5.41) is 2.32. The Kier molecular flexibility index (Phi) is 6.58. The van der Waals surface area contributed by atoms with Crippen LogP contribution in [0.4, 0.5) is 16.2 Å². The first-order valence-corrected chi connectivity index (χ1v) is 12.4. The number of imide groups is 1. The highest BCUT2D eigenvalue weighted by Crippen LogP contribution is 2.44.